The number of hydrogen-bond donors (Lipinski definition) is 2. The van der Waals surface area contributed by atoms with Crippen LogP contribution in [0, 0.1) is 5.92 Å². The van der Waals surface area contributed by atoms with Crippen LogP contribution >= 0.6 is 24.0 Å². The molecule has 0 aromatic rings. The molecule has 2 aliphatic heterocycles. The molecule has 7 nitrogen and oxygen atoms in total. The third-order valence-electron chi connectivity index (χ3n) is 4.61. The fourth-order valence-electron chi connectivity index (χ4n) is 3.04. The number of nitrogens with one attached hydrogen (secondary N) is 2. The summed E-state index contributed by atoms with van der Waals surface area (Å²) in [5, 5.41) is 6.69. The van der Waals surface area contributed by atoms with Crippen molar-refractivity contribution in [1.29, 1.82) is 0 Å². The summed E-state index contributed by atoms with van der Waals surface area (Å²) < 4.78 is 22.4. The minimum Gasteiger partial charge on any atom is -0.381 e. The molecule has 0 aromatic heterocycles. The van der Waals surface area contributed by atoms with E-state index in [1.165, 1.54) is 0 Å². The van der Waals surface area contributed by atoms with E-state index in [2.05, 4.69) is 29.5 Å². The van der Waals surface area contributed by atoms with Gasteiger partial charge in [0, 0.05) is 52.2 Å². The van der Waals surface area contributed by atoms with E-state index in [-0.39, 0.29) is 36.1 Å². The predicted molar refractivity (Wildman–Crippen MR) is 118 cm³/mol. The monoisotopic (exact) mass is 499 g/mol. The molecule has 160 valence electrons. The van der Waals surface area contributed by atoms with Crippen LogP contribution in [0.25, 0.3) is 0 Å². The largest absolute Gasteiger partial charge is 0.381 e. The van der Waals surface area contributed by atoms with Crippen LogP contribution in [0.3, 0.4) is 0 Å². The molecule has 0 amide bonds. The molecule has 2 saturated heterocycles. The maximum Gasteiger partial charge on any atom is 0.191 e. The van der Waals surface area contributed by atoms with E-state index in [0.717, 1.165) is 84.4 Å². The van der Waals surface area contributed by atoms with Gasteiger partial charge in [-0.15, -0.1) is 24.0 Å². The van der Waals surface area contributed by atoms with Gasteiger partial charge in [-0.05, 0) is 45.4 Å². The molecule has 0 radical (unpaired) electrons. The van der Waals surface area contributed by atoms with Gasteiger partial charge in [0.15, 0.2) is 5.96 Å². The van der Waals surface area contributed by atoms with Crippen molar-refractivity contribution in [2.45, 2.75) is 51.7 Å². The molecule has 27 heavy (non-hydrogen) atoms. The maximum absolute atomic E-state index is 5.86. The fraction of sp³-hybridized carbons (Fsp3) is 0.947. The average molecular weight is 499 g/mol. The van der Waals surface area contributed by atoms with Crippen molar-refractivity contribution in [3.05, 3.63) is 0 Å². The zero-order valence-electron chi connectivity index (χ0n) is 16.9. The highest BCUT2D eigenvalue weighted by molar-refractivity contribution is 14.0. The Bertz CT molecular complexity index is 389. The van der Waals surface area contributed by atoms with Gasteiger partial charge in [0.25, 0.3) is 0 Å². The van der Waals surface area contributed by atoms with Crippen LogP contribution in [0.2, 0.25) is 0 Å². The van der Waals surface area contributed by atoms with Gasteiger partial charge in [-0.2, -0.15) is 0 Å². The Balaban J connectivity index is 0.00000364. The van der Waals surface area contributed by atoms with Crippen molar-refractivity contribution < 1.29 is 18.9 Å². The van der Waals surface area contributed by atoms with Crippen molar-refractivity contribution in [3.8, 4) is 0 Å². The molecule has 2 N–H and O–H groups in total. The van der Waals surface area contributed by atoms with Crippen LogP contribution in [0.4, 0.5) is 0 Å². The summed E-state index contributed by atoms with van der Waals surface area (Å²) in [4.78, 5) is 4.63. The van der Waals surface area contributed by atoms with Crippen LogP contribution < -0.4 is 10.6 Å². The molecule has 0 bridgehead atoms. The van der Waals surface area contributed by atoms with E-state index < -0.39 is 0 Å². The van der Waals surface area contributed by atoms with Gasteiger partial charge in [-0.3, -0.25) is 4.99 Å². The molecule has 2 atom stereocenters. The third-order valence-corrected chi connectivity index (χ3v) is 4.61. The van der Waals surface area contributed by atoms with Gasteiger partial charge in [0.2, 0.25) is 0 Å². The molecule has 2 rings (SSSR count). The number of aliphatic imine (C=N–C) groups is 1. The number of nitrogens with zero attached hydrogens (tertiary/aromatic N) is 1. The van der Waals surface area contributed by atoms with Crippen molar-refractivity contribution in [2.24, 2.45) is 10.9 Å². The van der Waals surface area contributed by atoms with Gasteiger partial charge in [-0.25, -0.2) is 0 Å². The summed E-state index contributed by atoms with van der Waals surface area (Å²) in [6, 6.07) is 0.207. The zero-order valence-corrected chi connectivity index (χ0v) is 19.2. The second-order valence-corrected chi connectivity index (χ2v) is 7.11. The summed E-state index contributed by atoms with van der Waals surface area (Å²) in [6.45, 7) is 11.4. The normalized spacial score (nSPS) is 22.3. The summed E-state index contributed by atoms with van der Waals surface area (Å²) in [5.41, 5.74) is 0. The first kappa shape index (κ1) is 24.9. The zero-order chi connectivity index (χ0) is 18.5. The van der Waals surface area contributed by atoms with Crippen LogP contribution in [-0.2, 0) is 18.9 Å². The van der Waals surface area contributed by atoms with Crippen molar-refractivity contribution in [1.82, 2.24) is 10.6 Å². The van der Waals surface area contributed by atoms with E-state index in [1.807, 2.05) is 0 Å². The van der Waals surface area contributed by atoms with E-state index >= 15 is 0 Å². The molecule has 0 aliphatic carbocycles. The van der Waals surface area contributed by atoms with E-state index in [9.17, 15) is 0 Å². The molecule has 0 spiro atoms. The van der Waals surface area contributed by atoms with Crippen LogP contribution in [-0.4, -0.2) is 77.4 Å². The average Bonchev–Trinajstić information content (AvgIpc) is 3.17. The summed E-state index contributed by atoms with van der Waals surface area (Å²) in [7, 11) is 0. The summed E-state index contributed by atoms with van der Waals surface area (Å²) >= 11 is 0. The van der Waals surface area contributed by atoms with Gasteiger partial charge >= 0.3 is 0 Å². The Morgan fingerprint density at radius 3 is 2.67 bits per heavy atom. The first-order valence-corrected chi connectivity index (χ1v) is 10.2. The minimum absolute atomic E-state index is 0. The highest BCUT2D eigenvalue weighted by Gasteiger charge is 2.17. The molecule has 2 unspecified atom stereocenters. The van der Waals surface area contributed by atoms with Gasteiger partial charge in [0.05, 0.1) is 19.3 Å². The molecular weight excluding hydrogens is 461 g/mol. The minimum atomic E-state index is 0. The van der Waals surface area contributed by atoms with E-state index in [0.29, 0.717) is 12.5 Å². The highest BCUT2D eigenvalue weighted by Crippen LogP contribution is 2.14. The predicted octanol–water partition coefficient (Wildman–Crippen LogP) is 2.19. The Morgan fingerprint density at radius 1 is 1.19 bits per heavy atom. The van der Waals surface area contributed by atoms with Crippen molar-refractivity contribution >= 4 is 29.9 Å². The number of ether oxygens (including phenoxy) is 4. The molecule has 0 aromatic carbocycles. The lowest BCUT2D eigenvalue weighted by Crippen LogP contribution is -2.44. The number of guanidine groups is 1. The Labute approximate surface area is 181 Å². The quantitative estimate of drug-likeness (QED) is 0.197. The van der Waals surface area contributed by atoms with Gasteiger partial charge < -0.3 is 29.6 Å². The molecule has 2 fully saturated rings. The Morgan fingerprint density at radius 2 is 1.96 bits per heavy atom. The molecule has 8 heteroatoms. The molecule has 0 saturated carbocycles. The maximum atomic E-state index is 5.86. The lowest BCUT2D eigenvalue weighted by Gasteiger charge is -2.21. The fourth-order valence-corrected chi connectivity index (χ4v) is 3.04. The summed E-state index contributed by atoms with van der Waals surface area (Å²) in [6.07, 6.45) is 4.42. The molecule has 2 aliphatic rings. The van der Waals surface area contributed by atoms with Crippen LogP contribution in [0.15, 0.2) is 4.99 Å². The van der Waals surface area contributed by atoms with E-state index in [4.69, 9.17) is 18.9 Å². The van der Waals surface area contributed by atoms with Crippen molar-refractivity contribution in [2.75, 3.05) is 59.3 Å². The first-order valence-electron chi connectivity index (χ1n) is 10.2. The Hall–Kier alpha value is -0.160. The van der Waals surface area contributed by atoms with Gasteiger partial charge in [-0.1, -0.05) is 0 Å². The lowest BCUT2D eigenvalue weighted by molar-refractivity contribution is 0.0205. The van der Waals surface area contributed by atoms with Crippen LogP contribution in [0.1, 0.15) is 39.5 Å². The van der Waals surface area contributed by atoms with E-state index in [1.54, 1.807) is 0 Å². The SMILES string of the molecule is CCNC(=NCCCOCC1CCOCC1)NC(C)COC1CCOC1.I. The smallest absolute Gasteiger partial charge is 0.191 e. The lowest BCUT2D eigenvalue weighted by atomic mass is 10.0. The van der Waals surface area contributed by atoms with Gasteiger partial charge in [0.1, 0.15) is 0 Å². The first-order chi connectivity index (χ1) is 12.8. The number of hydrogen-bond acceptors (Lipinski definition) is 5. The van der Waals surface area contributed by atoms with Crippen molar-refractivity contribution in [3.63, 3.8) is 0 Å². The number of halogens is 1. The molecular formula is C19H38IN3O4. The van der Waals surface area contributed by atoms with Crippen LogP contribution in [0.5, 0.6) is 0 Å². The second-order valence-electron chi connectivity index (χ2n) is 7.11. The Kier molecular flexibility index (Phi) is 14.5. The summed E-state index contributed by atoms with van der Waals surface area (Å²) in [5.74, 6) is 1.51. The topological polar surface area (TPSA) is 73.3 Å². The third kappa shape index (κ3) is 11.4. The second kappa shape index (κ2) is 15.7. The molecule has 2 heterocycles. The standard InChI is InChI=1S/C19H37N3O4.HI/c1-3-20-19(22-16(2)13-26-18-7-12-25-15-18)21-8-4-9-24-14-17-5-10-23-11-6-17;/h16-18H,3-15H2,1-2H3,(H2,20,21,22);1H. The highest BCUT2D eigenvalue weighted by atomic mass is 127. The number of rotatable bonds is 11.